The topological polar surface area (TPSA) is 64.3 Å². The number of hydrogen-bond donors (Lipinski definition) is 2. The number of anilines is 1. The van der Waals surface area contributed by atoms with Crippen LogP contribution in [0.1, 0.15) is 17.5 Å². The van der Waals surface area contributed by atoms with E-state index in [0.717, 1.165) is 17.7 Å². The van der Waals surface area contributed by atoms with Gasteiger partial charge in [0.05, 0.1) is 12.5 Å². The van der Waals surface area contributed by atoms with Gasteiger partial charge in [0.15, 0.2) is 0 Å². The summed E-state index contributed by atoms with van der Waals surface area (Å²) in [6, 6.07) is 18.0. The van der Waals surface area contributed by atoms with E-state index in [-0.39, 0.29) is 18.4 Å². The maximum absolute atomic E-state index is 12.1. The molecule has 1 unspecified atom stereocenters. The third kappa shape index (κ3) is 4.69. The number of para-hydroxylation sites is 1. The highest BCUT2D eigenvalue weighted by atomic mass is 16.5. The highest BCUT2D eigenvalue weighted by molar-refractivity contribution is 5.91. The number of nitrogens with one attached hydrogen (secondary N) is 1. The van der Waals surface area contributed by atoms with Gasteiger partial charge in [-0.2, -0.15) is 0 Å². The standard InChI is InChI=1S/C18H22N2O2/c1-22-16(13-19)12-18(21)20-17-10-6-5-9-15(17)11-14-7-3-2-4-8-14/h2-10,16H,11-13,19H2,1H3,(H,20,21). The van der Waals surface area contributed by atoms with Gasteiger partial charge in [0.25, 0.3) is 0 Å². The smallest absolute Gasteiger partial charge is 0.227 e. The molecule has 0 spiro atoms. The van der Waals surface area contributed by atoms with Crippen LogP contribution >= 0.6 is 0 Å². The van der Waals surface area contributed by atoms with E-state index in [9.17, 15) is 4.79 Å². The average molecular weight is 298 g/mol. The molecule has 0 aliphatic rings. The van der Waals surface area contributed by atoms with Gasteiger partial charge in [-0.15, -0.1) is 0 Å². The Balaban J connectivity index is 2.06. The summed E-state index contributed by atoms with van der Waals surface area (Å²) in [6.07, 6.45) is 0.787. The first-order chi connectivity index (χ1) is 10.7. The molecule has 0 saturated heterocycles. The number of benzene rings is 2. The third-order valence-corrected chi connectivity index (χ3v) is 3.54. The monoisotopic (exact) mass is 298 g/mol. The fourth-order valence-corrected chi connectivity index (χ4v) is 2.28. The molecular weight excluding hydrogens is 276 g/mol. The molecule has 2 rings (SSSR count). The summed E-state index contributed by atoms with van der Waals surface area (Å²) in [6.45, 7) is 0.329. The predicted octanol–water partition coefficient (Wildman–Crippen LogP) is 2.58. The lowest BCUT2D eigenvalue weighted by molar-refractivity contribution is -0.118. The molecule has 2 aromatic rings. The van der Waals surface area contributed by atoms with E-state index in [4.69, 9.17) is 10.5 Å². The van der Waals surface area contributed by atoms with E-state index in [0.29, 0.717) is 6.54 Å². The van der Waals surface area contributed by atoms with Crippen LogP contribution in [0.3, 0.4) is 0 Å². The molecule has 3 N–H and O–H groups in total. The molecule has 22 heavy (non-hydrogen) atoms. The summed E-state index contributed by atoms with van der Waals surface area (Å²) in [4.78, 5) is 12.1. The summed E-state index contributed by atoms with van der Waals surface area (Å²) in [5, 5.41) is 2.96. The molecule has 1 atom stereocenters. The van der Waals surface area contributed by atoms with Crippen molar-refractivity contribution in [3.63, 3.8) is 0 Å². The van der Waals surface area contributed by atoms with Crippen molar-refractivity contribution in [3.8, 4) is 0 Å². The molecule has 0 aliphatic heterocycles. The summed E-state index contributed by atoms with van der Waals surface area (Å²) in [7, 11) is 1.56. The highest BCUT2D eigenvalue weighted by Crippen LogP contribution is 2.19. The molecule has 0 fully saturated rings. The van der Waals surface area contributed by atoms with E-state index in [1.165, 1.54) is 5.56 Å². The van der Waals surface area contributed by atoms with E-state index in [1.54, 1.807) is 7.11 Å². The van der Waals surface area contributed by atoms with Gasteiger partial charge in [0.2, 0.25) is 5.91 Å². The largest absolute Gasteiger partial charge is 0.380 e. The lowest BCUT2D eigenvalue weighted by Crippen LogP contribution is -2.28. The molecule has 116 valence electrons. The molecule has 0 aromatic heterocycles. The van der Waals surface area contributed by atoms with Crippen LogP contribution < -0.4 is 11.1 Å². The van der Waals surface area contributed by atoms with Crippen molar-refractivity contribution in [1.29, 1.82) is 0 Å². The fraction of sp³-hybridized carbons (Fsp3) is 0.278. The number of rotatable bonds is 7. The fourth-order valence-electron chi connectivity index (χ4n) is 2.28. The molecule has 1 amide bonds. The Morgan fingerprint density at radius 1 is 1.14 bits per heavy atom. The molecule has 2 aromatic carbocycles. The maximum atomic E-state index is 12.1. The Morgan fingerprint density at radius 2 is 1.82 bits per heavy atom. The van der Waals surface area contributed by atoms with Crippen LogP contribution in [-0.2, 0) is 16.0 Å². The van der Waals surface area contributed by atoms with Gasteiger partial charge >= 0.3 is 0 Å². The normalized spacial score (nSPS) is 11.9. The Morgan fingerprint density at radius 3 is 2.50 bits per heavy atom. The first kappa shape index (κ1) is 16.2. The van der Waals surface area contributed by atoms with Crippen molar-refractivity contribution in [3.05, 3.63) is 65.7 Å². The van der Waals surface area contributed by atoms with Gasteiger partial charge < -0.3 is 15.8 Å². The molecular formula is C18H22N2O2. The van der Waals surface area contributed by atoms with Crippen molar-refractivity contribution in [1.82, 2.24) is 0 Å². The number of hydrogen-bond acceptors (Lipinski definition) is 3. The minimum atomic E-state index is -0.249. The summed E-state index contributed by atoms with van der Waals surface area (Å²) < 4.78 is 5.15. The zero-order valence-electron chi connectivity index (χ0n) is 12.8. The number of carbonyl (C=O) groups excluding carboxylic acids is 1. The quantitative estimate of drug-likeness (QED) is 0.826. The number of carbonyl (C=O) groups is 1. The zero-order chi connectivity index (χ0) is 15.8. The van der Waals surface area contributed by atoms with Gasteiger partial charge in [-0.3, -0.25) is 4.79 Å². The molecule has 0 radical (unpaired) electrons. The minimum Gasteiger partial charge on any atom is -0.380 e. The first-order valence-electron chi connectivity index (χ1n) is 7.37. The number of ether oxygens (including phenoxy) is 1. The first-order valence-corrected chi connectivity index (χ1v) is 7.37. The SMILES string of the molecule is COC(CN)CC(=O)Nc1ccccc1Cc1ccccc1. The molecule has 0 heterocycles. The van der Waals surface area contributed by atoms with Crippen molar-refractivity contribution in [2.45, 2.75) is 18.9 Å². The van der Waals surface area contributed by atoms with E-state index in [1.807, 2.05) is 42.5 Å². The second kappa shape index (κ2) is 8.32. The van der Waals surface area contributed by atoms with Crippen molar-refractivity contribution in [2.75, 3.05) is 19.0 Å². The third-order valence-electron chi connectivity index (χ3n) is 3.54. The van der Waals surface area contributed by atoms with Crippen LogP contribution in [0.2, 0.25) is 0 Å². The lowest BCUT2D eigenvalue weighted by atomic mass is 10.0. The molecule has 4 heteroatoms. The number of methoxy groups -OCH3 is 1. The van der Waals surface area contributed by atoms with E-state index < -0.39 is 0 Å². The lowest BCUT2D eigenvalue weighted by Gasteiger charge is -2.14. The summed E-state index contributed by atoms with van der Waals surface area (Å²) in [5.74, 6) is -0.0854. The van der Waals surface area contributed by atoms with Gasteiger partial charge in [-0.05, 0) is 23.6 Å². The van der Waals surface area contributed by atoms with Crippen LogP contribution in [0.4, 0.5) is 5.69 Å². The molecule has 0 aliphatic carbocycles. The number of amides is 1. The maximum Gasteiger partial charge on any atom is 0.227 e. The Bertz CT molecular complexity index is 595. The van der Waals surface area contributed by atoms with Gasteiger partial charge in [0, 0.05) is 19.3 Å². The van der Waals surface area contributed by atoms with Crippen molar-refractivity contribution >= 4 is 11.6 Å². The number of nitrogens with two attached hydrogens (primary N) is 1. The van der Waals surface area contributed by atoms with E-state index in [2.05, 4.69) is 17.4 Å². The molecule has 0 bridgehead atoms. The summed E-state index contributed by atoms with van der Waals surface area (Å²) in [5.41, 5.74) is 8.68. The van der Waals surface area contributed by atoms with Crippen LogP contribution in [0.15, 0.2) is 54.6 Å². The van der Waals surface area contributed by atoms with Crippen molar-refractivity contribution < 1.29 is 9.53 Å². The predicted molar refractivity (Wildman–Crippen MR) is 88.8 cm³/mol. The highest BCUT2D eigenvalue weighted by Gasteiger charge is 2.13. The zero-order valence-corrected chi connectivity index (χ0v) is 12.8. The van der Waals surface area contributed by atoms with Crippen LogP contribution in [0, 0.1) is 0 Å². The minimum absolute atomic E-state index is 0.0854. The van der Waals surface area contributed by atoms with Crippen molar-refractivity contribution in [2.24, 2.45) is 5.73 Å². The molecule has 0 saturated carbocycles. The van der Waals surface area contributed by atoms with Gasteiger partial charge in [-0.1, -0.05) is 48.5 Å². The second-order valence-corrected chi connectivity index (χ2v) is 5.17. The second-order valence-electron chi connectivity index (χ2n) is 5.17. The van der Waals surface area contributed by atoms with Crippen LogP contribution in [0.25, 0.3) is 0 Å². The van der Waals surface area contributed by atoms with E-state index >= 15 is 0 Å². The Hall–Kier alpha value is -2.17. The van der Waals surface area contributed by atoms with Crippen LogP contribution in [0.5, 0.6) is 0 Å². The molecule has 4 nitrogen and oxygen atoms in total. The van der Waals surface area contributed by atoms with Gasteiger partial charge in [0.1, 0.15) is 0 Å². The van der Waals surface area contributed by atoms with Crippen LogP contribution in [-0.4, -0.2) is 25.7 Å². The Kier molecular flexibility index (Phi) is 6.13. The van der Waals surface area contributed by atoms with Gasteiger partial charge in [-0.25, -0.2) is 0 Å². The Labute approximate surface area is 131 Å². The average Bonchev–Trinajstić information content (AvgIpc) is 2.55. The summed E-state index contributed by atoms with van der Waals surface area (Å²) >= 11 is 0.